The number of nitrogens with zero attached hydrogens (tertiary/aromatic N) is 2. The number of allylic oxidation sites excluding steroid dienone is 3. The first-order valence-corrected chi connectivity index (χ1v) is 8.17. The van der Waals surface area contributed by atoms with Crippen LogP contribution in [0.25, 0.3) is 5.70 Å². The number of aromatic carboxylic acids is 1. The molecule has 0 saturated carbocycles. The van der Waals surface area contributed by atoms with Crippen molar-refractivity contribution in [1.29, 1.82) is 10.5 Å². The maximum Gasteiger partial charge on any atom is 0.335 e. The van der Waals surface area contributed by atoms with E-state index in [1.807, 2.05) is 6.07 Å². The van der Waals surface area contributed by atoms with Crippen LogP contribution in [0.15, 0.2) is 65.4 Å². The van der Waals surface area contributed by atoms with E-state index in [9.17, 15) is 20.4 Å². The molecular weight excluding hydrogens is 340 g/mol. The molecule has 0 amide bonds. The smallest absolute Gasteiger partial charge is 0.335 e. The second kappa shape index (κ2) is 7.07. The molecule has 3 rings (SSSR count). The second-order valence-corrected chi connectivity index (χ2v) is 6.17. The Kier molecular flexibility index (Phi) is 4.66. The largest absolute Gasteiger partial charge is 0.478 e. The Labute approximate surface area is 156 Å². The number of hydrogen-bond donors (Lipinski definition) is 3. The quantitative estimate of drug-likeness (QED) is 0.724. The fraction of sp³-hybridized carbons (Fsp3) is 0.0952. The fourth-order valence-corrected chi connectivity index (χ4v) is 3.20. The monoisotopic (exact) mass is 356 g/mol. The summed E-state index contributed by atoms with van der Waals surface area (Å²) in [5.74, 6) is -1.72. The zero-order valence-corrected chi connectivity index (χ0v) is 14.5. The van der Waals surface area contributed by atoms with E-state index in [1.165, 1.54) is 12.1 Å². The Morgan fingerprint density at radius 3 is 2.44 bits per heavy atom. The topological polar surface area (TPSA) is 123 Å². The highest BCUT2D eigenvalue weighted by molar-refractivity contribution is 5.88. The summed E-state index contributed by atoms with van der Waals surface area (Å²) in [6.07, 6.45) is 0. The van der Waals surface area contributed by atoms with E-state index in [0.29, 0.717) is 33.8 Å². The minimum Gasteiger partial charge on any atom is -0.478 e. The molecule has 4 N–H and O–H groups in total. The van der Waals surface area contributed by atoms with Gasteiger partial charge in [0, 0.05) is 16.9 Å². The molecule has 0 fully saturated rings. The van der Waals surface area contributed by atoms with Gasteiger partial charge >= 0.3 is 5.97 Å². The molecule has 1 unspecified atom stereocenters. The Morgan fingerprint density at radius 2 is 1.81 bits per heavy atom. The van der Waals surface area contributed by atoms with Gasteiger partial charge in [0.1, 0.15) is 0 Å². The van der Waals surface area contributed by atoms with E-state index < -0.39 is 11.9 Å². The lowest BCUT2D eigenvalue weighted by atomic mass is 9.80. The number of hydrogen-bond acceptors (Lipinski definition) is 5. The molecule has 6 nitrogen and oxygen atoms in total. The van der Waals surface area contributed by atoms with E-state index in [2.05, 4.69) is 17.5 Å². The van der Waals surface area contributed by atoms with Crippen LogP contribution in [0.5, 0.6) is 0 Å². The zero-order chi connectivity index (χ0) is 19.6. The first-order chi connectivity index (χ1) is 13.0. The third-order valence-corrected chi connectivity index (χ3v) is 4.45. The van der Waals surface area contributed by atoms with Crippen molar-refractivity contribution in [2.45, 2.75) is 12.8 Å². The Bertz CT molecular complexity index is 1080. The van der Waals surface area contributed by atoms with Crippen molar-refractivity contribution < 1.29 is 9.90 Å². The zero-order valence-electron chi connectivity index (χ0n) is 14.5. The molecule has 0 aromatic heterocycles. The molecule has 0 saturated heterocycles. The molecule has 1 aliphatic rings. The van der Waals surface area contributed by atoms with Crippen molar-refractivity contribution in [3.8, 4) is 12.1 Å². The summed E-state index contributed by atoms with van der Waals surface area (Å²) in [6.45, 7) is 1.76. The number of nitrogens with one attached hydrogen (secondary N) is 1. The van der Waals surface area contributed by atoms with Crippen molar-refractivity contribution in [3.05, 3.63) is 82.1 Å². The van der Waals surface area contributed by atoms with Crippen LogP contribution in [0.1, 0.15) is 34.3 Å². The van der Waals surface area contributed by atoms with Gasteiger partial charge < -0.3 is 16.2 Å². The Hall–Kier alpha value is -4.03. The predicted molar refractivity (Wildman–Crippen MR) is 101 cm³/mol. The SMILES string of the molecule is CC1=C(C#N)C(c2cccc(C(=O)O)c2)C(C#N)=C(c2cccc(N)c2)N1. The van der Waals surface area contributed by atoms with Crippen molar-refractivity contribution >= 4 is 17.4 Å². The number of nitrogens with two attached hydrogens (primary N) is 1. The highest BCUT2D eigenvalue weighted by Crippen LogP contribution is 2.40. The number of rotatable bonds is 3. The molecular formula is C21H16N4O2. The summed E-state index contributed by atoms with van der Waals surface area (Å²) in [4.78, 5) is 11.3. The molecule has 1 heterocycles. The third-order valence-electron chi connectivity index (χ3n) is 4.45. The summed E-state index contributed by atoms with van der Waals surface area (Å²) in [5.41, 5.74) is 9.72. The van der Waals surface area contributed by atoms with Crippen LogP contribution < -0.4 is 11.1 Å². The summed E-state index contributed by atoms with van der Waals surface area (Å²) in [6, 6.07) is 17.8. The highest BCUT2D eigenvalue weighted by Gasteiger charge is 2.31. The van der Waals surface area contributed by atoms with Gasteiger partial charge in [-0.2, -0.15) is 10.5 Å². The predicted octanol–water partition coefficient (Wildman–Crippen LogP) is 3.39. The number of nitriles is 2. The maximum absolute atomic E-state index is 11.3. The Balaban J connectivity index is 2.26. The summed E-state index contributed by atoms with van der Waals surface area (Å²) < 4.78 is 0. The van der Waals surface area contributed by atoms with Crippen molar-refractivity contribution in [1.82, 2.24) is 5.32 Å². The van der Waals surface area contributed by atoms with Gasteiger partial charge in [0.25, 0.3) is 0 Å². The fourth-order valence-electron chi connectivity index (χ4n) is 3.20. The van der Waals surface area contributed by atoms with Gasteiger partial charge in [0.2, 0.25) is 0 Å². The molecule has 132 valence electrons. The van der Waals surface area contributed by atoms with Crippen molar-refractivity contribution in [2.24, 2.45) is 0 Å². The van der Waals surface area contributed by atoms with Crippen LogP contribution in [0.4, 0.5) is 5.69 Å². The van der Waals surface area contributed by atoms with Crippen LogP contribution in [-0.4, -0.2) is 11.1 Å². The molecule has 27 heavy (non-hydrogen) atoms. The van der Waals surface area contributed by atoms with Crippen LogP contribution in [0.2, 0.25) is 0 Å². The molecule has 0 spiro atoms. The molecule has 1 aliphatic heterocycles. The lowest BCUT2D eigenvalue weighted by Gasteiger charge is -2.28. The molecule has 6 heteroatoms. The minimum absolute atomic E-state index is 0.101. The number of dihydropyridines is 1. The number of anilines is 1. The van der Waals surface area contributed by atoms with Gasteiger partial charge in [-0.1, -0.05) is 24.3 Å². The van der Waals surface area contributed by atoms with Gasteiger partial charge in [-0.3, -0.25) is 0 Å². The van der Waals surface area contributed by atoms with Crippen LogP contribution in [0, 0.1) is 22.7 Å². The summed E-state index contributed by atoms with van der Waals surface area (Å²) >= 11 is 0. The van der Waals surface area contributed by atoms with Crippen molar-refractivity contribution in [3.63, 3.8) is 0 Å². The van der Waals surface area contributed by atoms with E-state index in [0.717, 1.165) is 5.56 Å². The molecule has 0 radical (unpaired) electrons. The molecule has 2 aromatic rings. The number of benzene rings is 2. The van der Waals surface area contributed by atoms with Crippen LogP contribution in [-0.2, 0) is 0 Å². The summed E-state index contributed by atoms with van der Waals surface area (Å²) in [7, 11) is 0. The molecule has 0 bridgehead atoms. The molecule has 1 atom stereocenters. The third kappa shape index (κ3) is 3.24. The van der Waals surface area contributed by atoms with Gasteiger partial charge in [0.05, 0.1) is 40.5 Å². The number of carboxylic acids is 1. The van der Waals surface area contributed by atoms with Gasteiger partial charge in [-0.15, -0.1) is 0 Å². The van der Waals surface area contributed by atoms with E-state index in [1.54, 1.807) is 37.3 Å². The van der Waals surface area contributed by atoms with E-state index in [-0.39, 0.29) is 5.56 Å². The van der Waals surface area contributed by atoms with Crippen LogP contribution >= 0.6 is 0 Å². The first kappa shape index (κ1) is 17.8. The van der Waals surface area contributed by atoms with Gasteiger partial charge in [-0.25, -0.2) is 4.79 Å². The van der Waals surface area contributed by atoms with Crippen molar-refractivity contribution in [2.75, 3.05) is 5.73 Å². The second-order valence-electron chi connectivity index (χ2n) is 6.17. The van der Waals surface area contributed by atoms with Gasteiger partial charge in [-0.05, 0) is 36.8 Å². The highest BCUT2D eigenvalue weighted by atomic mass is 16.4. The summed E-state index contributed by atoms with van der Waals surface area (Å²) in [5, 5.41) is 32.0. The number of carboxylic acid groups (broad SMARTS) is 1. The average Bonchev–Trinajstić information content (AvgIpc) is 2.67. The first-order valence-electron chi connectivity index (χ1n) is 8.17. The van der Waals surface area contributed by atoms with E-state index >= 15 is 0 Å². The normalized spacial score (nSPS) is 16.3. The molecule has 0 aliphatic carbocycles. The minimum atomic E-state index is -1.07. The van der Waals surface area contributed by atoms with Crippen LogP contribution in [0.3, 0.4) is 0 Å². The maximum atomic E-state index is 11.3. The molecule has 2 aromatic carbocycles. The number of carbonyl (C=O) groups is 1. The Morgan fingerprint density at radius 1 is 1.11 bits per heavy atom. The lowest BCUT2D eigenvalue weighted by molar-refractivity contribution is 0.0696. The average molecular weight is 356 g/mol. The van der Waals surface area contributed by atoms with E-state index in [4.69, 9.17) is 5.73 Å². The van der Waals surface area contributed by atoms with Gasteiger partial charge in [0.15, 0.2) is 0 Å². The standard InChI is InChI=1S/C21H16N4O2/c1-12-17(10-22)19(13-4-2-6-15(8-13)21(26)27)18(11-23)20(25-12)14-5-3-7-16(24)9-14/h2-9,19,25H,24H2,1H3,(H,26,27). The lowest BCUT2D eigenvalue weighted by Crippen LogP contribution is -2.24. The number of nitrogen functional groups attached to an aromatic ring is 1.